The molecular formula is C14H12N8S. The minimum atomic E-state index is 0.336. The summed E-state index contributed by atoms with van der Waals surface area (Å²) in [7, 11) is 0. The Morgan fingerprint density at radius 2 is 2.04 bits per heavy atom. The van der Waals surface area contributed by atoms with Crippen LogP contribution in [-0.2, 0) is 6.54 Å². The van der Waals surface area contributed by atoms with Crippen LogP contribution in [0.25, 0.3) is 0 Å². The minimum Gasteiger partial charge on any atom is -0.316 e. The Balaban J connectivity index is 1.80. The first kappa shape index (κ1) is 14.9. The molecule has 0 spiro atoms. The summed E-state index contributed by atoms with van der Waals surface area (Å²) in [6.07, 6.45) is 7.62. The van der Waals surface area contributed by atoms with E-state index >= 15 is 0 Å². The molecule has 0 aliphatic rings. The molecule has 3 aromatic rings. The lowest BCUT2D eigenvalue weighted by Gasteiger charge is -2.06. The van der Waals surface area contributed by atoms with Crippen LogP contribution >= 0.6 is 11.3 Å². The molecule has 3 heterocycles. The Morgan fingerprint density at radius 3 is 2.78 bits per heavy atom. The van der Waals surface area contributed by atoms with E-state index in [4.69, 9.17) is 5.41 Å². The molecule has 0 saturated carbocycles. The fraction of sp³-hybridized carbons (Fsp3) is 0.0714. The van der Waals surface area contributed by atoms with Crippen LogP contribution in [0.5, 0.6) is 0 Å². The van der Waals surface area contributed by atoms with Gasteiger partial charge in [0.2, 0.25) is 0 Å². The van der Waals surface area contributed by atoms with Crippen LogP contribution in [0.1, 0.15) is 11.1 Å². The van der Waals surface area contributed by atoms with Gasteiger partial charge in [-0.05, 0) is 17.7 Å². The summed E-state index contributed by atoms with van der Waals surface area (Å²) >= 11 is 1.44. The summed E-state index contributed by atoms with van der Waals surface area (Å²) in [5.41, 5.74) is 1.46. The molecule has 23 heavy (non-hydrogen) atoms. The van der Waals surface area contributed by atoms with E-state index in [0.717, 1.165) is 11.8 Å². The van der Waals surface area contributed by atoms with Crippen molar-refractivity contribution in [1.82, 2.24) is 19.9 Å². The van der Waals surface area contributed by atoms with Crippen LogP contribution < -0.4 is 5.32 Å². The van der Waals surface area contributed by atoms with E-state index in [2.05, 4.69) is 35.5 Å². The number of pyridine rings is 1. The van der Waals surface area contributed by atoms with Crippen LogP contribution in [-0.4, -0.2) is 26.2 Å². The number of nitrogens with zero attached hydrogens (tertiary/aromatic N) is 6. The van der Waals surface area contributed by atoms with Crippen molar-refractivity contribution in [1.29, 1.82) is 5.41 Å². The molecule has 0 atom stereocenters. The highest BCUT2D eigenvalue weighted by Gasteiger charge is 2.10. The summed E-state index contributed by atoms with van der Waals surface area (Å²) < 4.78 is 0. The zero-order chi connectivity index (χ0) is 15.9. The fourth-order valence-electron chi connectivity index (χ4n) is 1.76. The average Bonchev–Trinajstić information content (AvgIpc) is 3.09. The van der Waals surface area contributed by atoms with Crippen LogP contribution in [0.4, 0.5) is 16.8 Å². The maximum absolute atomic E-state index is 7.58. The van der Waals surface area contributed by atoms with Crippen molar-refractivity contribution in [3.63, 3.8) is 0 Å². The molecule has 0 radical (unpaired) electrons. The first-order valence-electron chi connectivity index (χ1n) is 6.65. The van der Waals surface area contributed by atoms with E-state index in [1.807, 2.05) is 17.5 Å². The van der Waals surface area contributed by atoms with Crippen molar-refractivity contribution >= 4 is 34.3 Å². The summed E-state index contributed by atoms with van der Waals surface area (Å²) in [5, 5.41) is 21.4. The number of rotatable bonds is 6. The van der Waals surface area contributed by atoms with Crippen molar-refractivity contribution in [2.75, 3.05) is 5.32 Å². The van der Waals surface area contributed by atoms with Crippen LogP contribution in [0, 0.1) is 5.41 Å². The fourth-order valence-corrected chi connectivity index (χ4v) is 2.29. The number of azo groups is 1. The Labute approximate surface area is 135 Å². The Bertz CT molecular complexity index is 801. The quantitative estimate of drug-likeness (QED) is 0.533. The van der Waals surface area contributed by atoms with Gasteiger partial charge in [0, 0.05) is 30.2 Å². The van der Waals surface area contributed by atoms with E-state index in [-0.39, 0.29) is 0 Å². The molecule has 3 aromatic heterocycles. The summed E-state index contributed by atoms with van der Waals surface area (Å²) in [4.78, 5) is 16.3. The minimum absolute atomic E-state index is 0.336. The topological polar surface area (TPSA) is 112 Å². The second-order valence-corrected chi connectivity index (χ2v) is 5.22. The van der Waals surface area contributed by atoms with E-state index in [0.29, 0.717) is 28.9 Å². The van der Waals surface area contributed by atoms with Gasteiger partial charge in [0.25, 0.3) is 0 Å². The molecule has 114 valence electrons. The third-order valence-corrected chi connectivity index (χ3v) is 3.52. The maximum atomic E-state index is 7.58. The SMILES string of the molecule is N=Cc1c(N=NCc2ccncc2)ncnc1Nc1nccs1. The molecule has 0 aromatic carbocycles. The predicted octanol–water partition coefficient (Wildman–Crippen LogP) is 3.35. The van der Waals surface area contributed by atoms with Gasteiger partial charge >= 0.3 is 0 Å². The van der Waals surface area contributed by atoms with Gasteiger partial charge in [-0.2, -0.15) is 5.11 Å². The molecule has 0 unspecified atom stereocenters. The van der Waals surface area contributed by atoms with E-state index in [1.165, 1.54) is 17.7 Å². The zero-order valence-electron chi connectivity index (χ0n) is 11.9. The zero-order valence-corrected chi connectivity index (χ0v) is 12.7. The van der Waals surface area contributed by atoms with Crippen LogP contribution in [0.3, 0.4) is 0 Å². The number of aromatic nitrogens is 4. The third kappa shape index (κ3) is 3.77. The number of nitrogens with one attached hydrogen (secondary N) is 2. The standard InChI is InChI=1S/C14H12N8S/c15-7-11-12(21-14-17-5-6-23-14)18-9-19-13(11)22-20-8-10-1-3-16-4-2-10/h1-7,9,15H,8H2,(H,17,18,19,21). The molecule has 3 rings (SSSR count). The summed E-state index contributed by atoms with van der Waals surface area (Å²) in [6.45, 7) is 0.416. The lowest BCUT2D eigenvalue weighted by Crippen LogP contribution is -1.99. The van der Waals surface area contributed by atoms with Crippen molar-refractivity contribution < 1.29 is 0 Å². The van der Waals surface area contributed by atoms with E-state index in [1.54, 1.807) is 18.6 Å². The molecule has 0 amide bonds. The molecule has 0 fully saturated rings. The van der Waals surface area contributed by atoms with Gasteiger partial charge in [-0.3, -0.25) is 4.98 Å². The van der Waals surface area contributed by atoms with Gasteiger partial charge in [-0.15, -0.1) is 16.5 Å². The molecule has 0 bridgehead atoms. The number of hydrogen-bond donors (Lipinski definition) is 2. The Hall–Kier alpha value is -3.07. The largest absolute Gasteiger partial charge is 0.316 e. The average molecular weight is 324 g/mol. The van der Waals surface area contributed by atoms with Crippen molar-refractivity contribution in [3.8, 4) is 0 Å². The lowest BCUT2D eigenvalue weighted by molar-refractivity contribution is 0.937. The number of thiazole rings is 1. The van der Waals surface area contributed by atoms with Gasteiger partial charge in [-0.25, -0.2) is 15.0 Å². The van der Waals surface area contributed by atoms with Gasteiger partial charge in [0.15, 0.2) is 10.9 Å². The first-order valence-corrected chi connectivity index (χ1v) is 7.53. The molecule has 0 aliphatic carbocycles. The number of anilines is 2. The molecule has 9 heteroatoms. The summed E-state index contributed by atoms with van der Waals surface area (Å²) in [5.74, 6) is 0.811. The number of hydrogen-bond acceptors (Lipinski definition) is 9. The van der Waals surface area contributed by atoms with Crippen molar-refractivity contribution in [3.05, 3.63) is 53.6 Å². The third-order valence-electron chi connectivity index (χ3n) is 2.83. The van der Waals surface area contributed by atoms with Crippen LogP contribution in [0.15, 0.2) is 52.7 Å². The van der Waals surface area contributed by atoms with Gasteiger partial charge in [-0.1, -0.05) is 0 Å². The van der Waals surface area contributed by atoms with Gasteiger partial charge in [0.05, 0.1) is 12.1 Å². The first-order chi connectivity index (χ1) is 11.4. The second-order valence-electron chi connectivity index (χ2n) is 4.32. The second kappa shape index (κ2) is 7.27. The predicted molar refractivity (Wildman–Crippen MR) is 87.8 cm³/mol. The molecule has 0 aliphatic heterocycles. The van der Waals surface area contributed by atoms with Gasteiger partial charge in [0.1, 0.15) is 12.1 Å². The van der Waals surface area contributed by atoms with E-state index in [9.17, 15) is 0 Å². The highest BCUT2D eigenvalue weighted by Crippen LogP contribution is 2.24. The molecular weight excluding hydrogens is 312 g/mol. The monoisotopic (exact) mass is 324 g/mol. The Kier molecular flexibility index (Phi) is 4.69. The van der Waals surface area contributed by atoms with Crippen molar-refractivity contribution in [2.24, 2.45) is 10.2 Å². The molecule has 0 saturated heterocycles. The maximum Gasteiger partial charge on any atom is 0.188 e. The summed E-state index contributed by atoms with van der Waals surface area (Å²) in [6, 6.07) is 3.73. The van der Waals surface area contributed by atoms with Crippen LogP contribution in [0.2, 0.25) is 0 Å². The molecule has 2 N–H and O–H groups in total. The van der Waals surface area contributed by atoms with Gasteiger partial charge < -0.3 is 10.7 Å². The highest BCUT2D eigenvalue weighted by atomic mass is 32.1. The van der Waals surface area contributed by atoms with E-state index < -0.39 is 0 Å². The normalized spacial score (nSPS) is 10.8. The Morgan fingerprint density at radius 1 is 1.17 bits per heavy atom. The van der Waals surface area contributed by atoms with Crippen molar-refractivity contribution in [2.45, 2.75) is 6.54 Å². The smallest absolute Gasteiger partial charge is 0.188 e. The highest BCUT2D eigenvalue weighted by molar-refractivity contribution is 7.13. The lowest BCUT2D eigenvalue weighted by atomic mass is 10.3. The molecule has 8 nitrogen and oxygen atoms in total.